The molecule has 0 amide bonds. The number of hydroxylamine groups is 1. The van der Waals surface area contributed by atoms with E-state index in [2.05, 4.69) is 23.4 Å². The van der Waals surface area contributed by atoms with E-state index in [1.165, 1.54) is 0 Å². The first-order chi connectivity index (χ1) is 12.7. The van der Waals surface area contributed by atoms with Gasteiger partial charge in [-0.2, -0.15) is 0 Å². The maximum atomic E-state index is 8.72. The molecule has 0 aromatic heterocycles. The molecule has 0 bridgehead atoms. The van der Waals surface area contributed by atoms with Gasteiger partial charge in [-0.1, -0.05) is 35.9 Å². The Kier molecular flexibility index (Phi) is 6.88. The number of halogens is 1. The second-order valence-corrected chi connectivity index (χ2v) is 6.98. The zero-order valence-electron chi connectivity index (χ0n) is 14.9. The lowest BCUT2D eigenvalue weighted by Gasteiger charge is -2.37. The Bertz CT molecular complexity index is 696. The predicted molar refractivity (Wildman–Crippen MR) is 102 cm³/mol. The van der Waals surface area contributed by atoms with Crippen LogP contribution in [0.1, 0.15) is 24.2 Å². The Hall–Kier alpha value is -1.63. The number of hydrogen-bond donors (Lipinski definition) is 2. The third-order valence-electron chi connectivity index (χ3n) is 4.64. The molecule has 2 aromatic carbocycles. The van der Waals surface area contributed by atoms with E-state index in [1.807, 2.05) is 42.5 Å². The monoisotopic (exact) mass is 376 g/mol. The van der Waals surface area contributed by atoms with Gasteiger partial charge in [-0.3, -0.25) is 4.90 Å². The summed E-state index contributed by atoms with van der Waals surface area (Å²) >= 11 is 6.10. The van der Waals surface area contributed by atoms with Crippen LogP contribution in [0, 0.1) is 0 Å². The standard InChI is InChI=1S/C20H25ClN2O3/c1-15(14-26-19-7-5-16(6-8-19)12-22-24)23-9-10-25-20(13-23)17-3-2-4-18(21)11-17/h2-8,11,15,20,22,24H,9-10,12-14H2,1H3. The molecule has 5 nitrogen and oxygen atoms in total. The summed E-state index contributed by atoms with van der Waals surface area (Å²) in [5.74, 6) is 0.832. The molecule has 3 rings (SSSR count). The first kappa shape index (κ1) is 19.1. The maximum Gasteiger partial charge on any atom is 0.119 e. The van der Waals surface area contributed by atoms with Crippen molar-refractivity contribution in [3.63, 3.8) is 0 Å². The summed E-state index contributed by atoms with van der Waals surface area (Å²) in [6.07, 6.45) is 0.0372. The molecule has 0 aliphatic carbocycles. The van der Waals surface area contributed by atoms with Crippen LogP contribution in [0.5, 0.6) is 5.75 Å². The highest BCUT2D eigenvalue weighted by atomic mass is 35.5. The van der Waals surface area contributed by atoms with Crippen molar-refractivity contribution in [3.8, 4) is 5.75 Å². The Morgan fingerprint density at radius 2 is 2.12 bits per heavy atom. The van der Waals surface area contributed by atoms with Crippen molar-refractivity contribution < 1.29 is 14.7 Å². The van der Waals surface area contributed by atoms with Crippen LogP contribution in [0.2, 0.25) is 5.02 Å². The molecule has 1 heterocycles. The van der Waals surface area contributed by atoms with Gasteiger partial charge < -0.3 is 14.7 Å². The van der Waals surface area contributed by atoms with Gasteiger partial charge in [0.05, 0.1) is 12.7 Å². The molecule has 2 aromatic rings. The second kappa shape index (κ2) is 9.35. The van der Waals surface area contributed by atoms with E-state index in [-0.39, 0.29) is 12.1 Å². The van der Waals surface area contributed by atoms with Crippen LogP contribution in [0.25, 0.3) is 0 Å². The van der Waals surface area contributed by atoms with Crippen LogP contribution >= 0.6 is 11.6 Å². The average Bonchev–Trinajstić information content (AvgIpc) is 2.67. The molecule has 2 N–H and O–H groups in total. The zero-order valence-corrected chi connectivity index (χ0v) is 15.7. The quantitative estimate of drug-likeness (QED) is 0.722. The summed E-state index contributed by atoms with van der Waals surface area (Å²) in [5.41, 5.74) is 4.27. The van der Waals surface area contributed by atoms with E-state index in [0.29, 0.717) is 19.8 Å². The van der Waals surface area contributed by atoms with Crippen LogP contribution in [0.4, 0.5) is 0 Å². The number of morpholine rings is 1. The summed E-state index contributed by atoms with van der Waals surface area (Å²) in [4.78, 5) is 2.39. The predicted octanol–water partition coefficient (Wildman–Crippen LogP) is 3.66. The summed E-state index contributed by atoms with van der Waals surface area (Å²) in [6, 6.07) is 15.9. The number of rotatable bonds is 7. The van der Waals surface area contributed by atoms with E-state index in [1.54, 1.807) is 0 Å². The van der Waals surface area contributed by atoms with Gasteiger partial charge in [-0.05, 0) is 42.3 Å². The first-order valence-electron chi connectivity index (χ1n) is 8.85. The SMILES string of the molecule is CC(COc1ccc(CNO)cc1)N1CCOC(c2cccc(Cl)c2)C1. The van der Waals surface area contributed by atoms with Crippen LogP contribution in [0.15, 0.2) is 48.5 Å². The van der Waals surface area contributed by atoms with Crippen molar-refractivity contribution in [1.29, 1.82) is 0 Å². The van der Waals surface area contributed by atoms with Crippen LogP contribution in [-0.4, -0.2) is 42.5 Å². The third-order valence-corrected chi connectivity index (χ3v) is 4.87. The molecule has 26 heavy (non-hydrogen) atoms. The molecule has 1 fully saturated rings. The van der Waals surface area contributed by atoms with Crippen molar-refractivity contribution in [2.75, 3.05) is 26.3 Å². The molecule has 0 radical (unpaired) electrons. The number of nitrogens with zero attached hydrogens (tertiary/aromatic N) is 1. The van der Waals surface area contributed by atoms with Gasteiger partial charge in [-0.15, -0.1) is 0 Å². The molecule has 140 valence electrons. The molecule has 0 saturated carbocycles. The van der Waals surface area contributed by atoms with Gasteiger partial charge in [0.25, 0.3) is 0 Å². The van der Waals surface area contributed by atoms with Gasteiger partial charge in [0.1, 0.15) is 12.4 Å². The lowest BCUT2D eigenvalue weighted by molar-refractivity contribution is -0.0478. The van der Waals surface area contributed by atoms with E-state index in [4.69, 9.17) is 26.3 Å². The largest absolute Gasteiger partial charge is 0.492 e. The summed E-state index contributed by atoms with van der Waals surface area (Å²) in [5, 5.41) is 9.46. The van der Waals surface area contributed by atoms with Crippen LogP contribution in [0.3, 0.4) is 0 Å². The lowest BCUT2D eigenvalue weighted by atomic mass is 10.1. The molecular weight excluding hydrogens is 352 g/mol. The summed E-state index contributed by atoms with van der Waals surface area (Å²) in [6.45, 7) is 5.62. The van der Waals surface area contributed by atoms with E-state index >= 15 is 0 Å². The number of ether oxygens (including phenoxy) is 2. The van der Waals surface area contributed by atoms with Crippen molar-refractivity contribution in [1.82, 2.24) is 10.4 Å². The Morgan fingerprint density at radius 3 is 2.85 bits per heavy atom. The summed E-state index contributed by atoms with van der Waals surface area (Å²) < 4.78 is 11.9. The van der Waals surface area contributed by atoms with Crippen molar-refractivity contribution in [2.24, 2.45) is 0 Å². The fourth-order valence-corrected chi connectivity index (χ4v) is 3.29. The first-order valence-corrected chi connectivity index (χ1v) is 9.23. The topological polar surface area (TPSA) is 54.0 Å². The lowest BCUT2D eigenvalue weighted by Crippen LogP contribution is -2.45. The minimum absolute atomic E-state index is 0.0372. The molecular formula is C20H25ClN2O3. The van der Waals surface area contributed by atoms with Gasteiger partial charge in [-0.25, -0.2) is 5.48 Å². The van der Waals surface area contributed by atoms with Gasteiger partial charge in [0.2, 0.25) is 0 Å². The normalized spacial score (nSPS) is 19.3. The Morgan fingerprint density at radius 1 is 1.31 bits per heavy atom. The van der Waals surface area contributed by atoms with E-state index in [9.17, 15) is 0 Å². The Balaban J connectivity index is 1.53. The highest BCUT2D eigenvalue weighted by molar-refractivity contribution is 6.30. The van der Waals surface area contributed by atoms with Gasteiger partial charge in [0.15, 0.2) is 0 Å². The van der Waals surface area contributed by atoms with Crippen molar-refractivity contribution in [2.45, 2.75) is 25.6 Å². The Labute approximate surface area is 159 Å². The van der Waals surface area contributed by atoms with Gasteiger partial charge in [0, 0.05) is 30.7 Å². The highest BCUT2D eigenvalue weighted by Gasteiger charge is 2.25. The minimum Gasteiger partial charge on any atom is -0.492 e. The van der Waals surface area contributed by atoms with Crippen molar-refractivity contribution in [3.05, 3.63) is 64.7 Å². The molecule has 1 aliphatic rings. The van der Waals surface area contributed by atoms with Gasteiger partial charge >= 0.3 is 0 Å². The van der Waals surface area contributed by atoms with Crippen LogP contribution < -0.4 is 10.2 Å². The van der Waals surface area contributed by atoms with Crippen molar-refractivity contribution >= 4 is 11.6 Å². The average molecular weight is 377 g/mol. The molecule has 1 saturated heterocycles. The summed E-state index contributed by atoms with van der Waals surface area (Å²) in [7, 11) is 0. The maximum absolute atomic E-state index is 8.72. The number of nitrogens with one attached hydrogen (secondary N) is 1. The fraction of sp³-hybridized carbons (Fsp3) is 0.400. The molecule has 2 unspecified atom stereocenters. The molecule has 2 atom stereocenters. The second-order valence-electron chi connectivity index (χ2n) is 6.55. The molecule has 1 aliphatic heterocycles. The smallest absolute Gasteiger partial charge is 0.119 e. The number of hydrogen-bond acceptors (Lipinski definition) is 5. The molecule has 0 spiro atoms. The van der Waals surface area contributed by atoms with Crippen LogP contribution in [-0.2, 0) is 11.3 Å². The highest BCUT2D eigenvalue weighted by Crippen LogP contribution is 2.25. The molecule has 6 heteroatoms. The zero-order chi connectivity index (χ0) is 18.4. The third kappa shape index (κ3) is 5.19. The minimum atomic E-state index is 0.0372. The van der Waals surface area contributed by atoms with E-state index in [0.717, 1.165) is 35.0 Å². The number of benzene rings is 2. The van der Waals surface area contributed by atoms with E-state index < -0.39 is 0 Å². The fourth-order valence-electron chi connectivity index (χ4n) is 3.10.